The molecule has 1 heterocycles. The second-order valence-corrected chi connectivity index (χ2v) is 9.29. The molecule has 0 bridgehead atoms. The van der Waals surface area contributed by atoms with Gasteiger partial charge in [0, 0.05) is 5.56 Å². The van der Waals surface area contributed by atoms with E-state index in [0.717, 1.165) is 17.7 Å². The number of nitrogens with zero attached hydrogens (tertiary/aromatic N) is 3. The zero-order chi connectivity index (χ0) is 25.2. The van der Waals surface area contributed by atoms with E-state index in [2.05, 4.69) is 14.8 Å². The molecule has 1 N–H and O–H groups in total. The number of hydrogen-bond acceptors (Lipinski definition) is 5. The smallest absolute Gasteiger partial charge is 0.416 e. The molecule has 0 aliphatic rings. The first-order valence-electron chi connectivity index (χ1n) is 10.5. The largest absolute Gasteiger partial charge is 0.463 e. The monoisotopic (exact) mass is 502 g/mol. The molecule has 0 saturated carbocycles. The highest BCUT2D eigenvalue weighted by molar-refractivity contribution is 7.92. The number of anilines is 1. The predicted octanol–water partition coefficient (Wildman–Crippen LogP) is 5.46. The van der Waals surface area contributed by atoms with Crippen LogP contribution in [0.5, 0.6) is 6.01 Å². The molecule has 35 heavy (non-hydrogen) atoms. The Morgan fingerprint density at radius 2 is 1.71 bits per heavy atom. The Morgan fingerprint density at radius 3 is 2.40 bits per heavy atom. The van der Waals surface area contributed by atoms with E-state index in [1.54, 1.807) is 37.3 Å². The van der Waals surface area contributed by atoms with E-state index >= 15 is 0 Å². The van der Waals surface area contributed by atoms with Crippen molar-refractivity contribution in [3.63, 3.8) is 0 Å². The fourth-order valence-corrected chi connectivity index (χ4v) is 4.37. The molecule has 4 aromatic rings. The number of hydrogen-bond donors (Lipinski definition) is 1. The van der Waals surface area contributed by atoms with Crippen LogP contribution in [0.3, 0.4) is 0 Å². The summed E-state index contributed by atoms with van der Waals surface area (Å²) in [4.78, 5) is 4.35. The second kappa shape index (κ2) is 9.41. The van der Waals surface area contributed by atoms with Crippen LogP contribution in [0, 0.1) is 6.92 Å². The molecule has 1 aromatic heterocycles. The Balaban J connectivity index is 1.74. The minimum atomic E-state index is -4.53. The van der Waals surface area contributed by atoms with Crippen LogP contribution in [0.25, 0.3) is 17.1 Å². The fraction of sp³-hybridized carbons (Fsp3) is 0.167. The van der Waals surface area contributed by atoms with Crippen LogP contribution in [0.4, 0.5) is 18.9 Å². The van der Waals surface area contributed by atoms with Gasteiger partial charge in [-0.3, -0.25) is 4.72 Å². The zero-order valence-electron chi connectivity index (χ0n) is 18.7. The van der Waals surface area contributed by atoms with E-state index in [0.29, 0.717) is 5.69 Å². The SMILES string of the molecule is CCOc1nc(-c2cccc(C(F)(F)F)c2)n(-c2cccc(NS(=O)(=O)c3ccc(C)cc3)c2)n1. The van der Waals surface area contributed by atoms with Crippen molar-refractivity contribution in [2.24, 2.45) is 0 Å². The van der Waals surface area contributed by atoms with E-state index in [4.69, 9.17) is 4.74 Å². The summed E-state index contributed by atoms with van der Waals surface area (Å²) in [6.45, 7) is 3.83. The third kappa shape index (κ3) is 5.46. The molecule has 0 aliphatic heterocycles. The van der Waals surface area contributed by atoms with Gasteiger partial charge < -0.3 is 4.74 Å². The maximum absolute atomic E-state index is 13.3. The van der Waals surface area contributed by atoms with Crippen LogP contribution in [0.1, 0.15) is 18.1 Å². The number of ether oxygens (including phenoxy) is 1. The summed E-state index contributed by atoms with van der Waals surface area (Å²) in [6.07, 6.45) is -4.53. The average molecular weight is 503 g/mol. The van der Waals surface area contributed by atoms with Crippen LogP contribution in [-0.4, -0.2) is 29.8 Å². The Labute approximate surface area is 200 Å². The van der Waals surface area contributed by atoms with Gasteiger partial charge in [0.05, 0.1) is 28.4 Å². The Bertz CT molecular complexity index is 1450. The van der Waals surface area contributed by atoms with Crippen LogP contribution in [0.2, 0.25) is 0 Å². The molecule has 0 fully saturated rings. The highest BCUT2D eigenvalue weighted by Gasteiger charge is 2.31. The van der Waals surface area contributed by atoms with Gasteiger partial charge in [-0.25, -0.2) is 13.1 Å². The zero-order valence-corrected chi connectivity index (χ0v) is 19.6. The summed E-state index contributed by atoms with van der Waals surface area (Å²) in [5.74, 6) is 0.109. The number of halogens is 3. The van der Waals surface area contributed by atoms with Crippen molar-refractivity contribution < 1.29 is 26.3 Å². The fourth-order valence-electron chi connectivity index (χ4n) is 3.32. The standard InChI is InChI=1S/C24H21F3N4O3S/c1-3-34-23-28-22(17-6-4-7-18(14-17)24(25,26)27)31(29-23)20-9-5-8-19(15-20)30-35(32,33)21-12-10-16(2)11-13-21/h4-15,30H,3H2,1-2H3. The lowest BCUT2D eigenvalue weighted by Crippen LogP contribution is -2.13. The molecule has 0 spiro atoms. The maximum Gasteiger partial charge on any atom is 0.416 e. The van der Waals surface area contributed by atoms with Gasteiger partial charge in [-0.05, 0) is 56.3 Å². The summed E-state index contributed by atoms with van der Waals surface area (Å²) in [5, 5.41) is 4.27. The highest BCUT2D eigenvalue weighted by atomic mass is 32.2. The third-order valence-electron chi connectivity index (χ3n) is 4.98. The highest BCUT2D eigenvalue weighted by Crippen LogP contribution is 2.33. The van der Waals surface area contributed by atoms with E-state index in [9.17, 15) is 21.6 Å². The number of benzene rings is 3. The number of aryl methyl sites for hydroxylation is 1. The maximum atomic E-state index is 13.3. The molecule has 4 rings (SSSR count). The number of sulfonamides is 1. The Kier molecular flexibility index (Phi) is 6.53. The lowest BCUT2D eigenvalue weighted by atomic mass is 10.1. The molecule has 11 heteroatoms. The summed E-state index contributed by atoms with van der Waals surface area (Å²) < 4.78 is 74.6. The predicted molar refractivity (Wildman–Crippen MR) is 125 cm³/mol. The van der Waals surface area contributed by atoms with Gasteiger partial charge in [0.1, 0.15) is 0 Å². The van der Waals surface area contributed by atoms with Gasteiger partial charge in [-0.1, -0.05) is 35.9 Å². The normalized spacial score (nSPS) is 11.9. The van der Waals surface area contributed by atoms with E-state index < -0.39 is 21.8 Å². The van der Waals surface area contributed by atoms with Gasteiger partial charge in [0.25, 0.3) is 10.0 Å². The van der Waals surface area contributed by atoms with Crippen molar-refractivity contribution in [3.05, 3.63) is 83.9 Å². The molecule has 0 unspecified atom stereocenters. The minimum Gasteiger partial charge on any atom is -0.463 e. The molecule has 0 aliphatic carbocycles. The van der Waals surface area contributed by atoms with Crippen molar-refractivity contribution in [2.75, 3.05) is 11.3 Å². The van der Waals surface area contributed by atoms with Gasteiger partial charge >= 0.3 is 12.2 Å². The summed E-state index contributed by atoms with van der Waals surface area (Å²) in [6, 6.07) is 17.4. The summed E-state index contributed by atoms with van der Waals surface area (Å²) in [7, 11) is -3.86. The van der Waals surface area contributed by atoms with E-state index in [1.807, 2.05) is 6.92 Å². The minimum absolute atomic E-state index is 0.0226. The van der Waals surface area contributed by atoms with Gasteiger partial charge in [-0.15, -0.1) is 5.10 Å². The summed E-state index contributed by atoms with van der Waals surface area (Å²) in [5.41, 5.74) is 0.877. The van der Waals surface area contributed by atoms with Crippen LogP contribution in [-0.2, 0) is 16.2 Å². The first-order valence-corrected chi connectivity index (χ1v) is 12.0. The van der Waals surface area contributed by atoms with Crippen molar-refractivity contribution in [1.29, 1.82) is 0 Å². The van der Waals surface area contributed by atoms with Crippen molar-refractivity contribution in [3.8, 4) is 23.1 Å². The van der Waals surface area contributed by atoms with E-state index in [-0.39, 0.29) is 34.6 Å². The summed E-state index contributed by atoms with van der Waals surface area (Å²) >= 11 is 0. The number of alkyl halides is 3. The van der Waals surface area contributed by atoms with Crippen molar-refractivity contribution >= 4 is 15.7 Å². The molecule has 3 aromatic carbocycles. The van der Waals surface area contributed by atoms with E-state index in [1.165, 1.54) is 35.0 Å². The molecule has 0 atom stereocenters. The topological polar surface area (TPSA) is 86.1 Å². The van der Waals surface area contributed by atoms with Crippen molar-refractivity contribution in [1.82, 2.24) is 14.8 Å². The van der Waals surface area contributed by atoms with Gasteiger partial charge in [0.2, 0.25) is 0 Å². The van der Waals surface area contributed by atoms with Gasteiger partial charge in [0.15, 0.2) is 5.82 Å². The lowest BCUT2D eigenvalue weighted by Gasteiger charge is -2.12. The molecule has 7 nitrogen and oxygen atoms in total. The molecular weight excluding hydrogens is 481 g/mol. The van der Waals surface area contributed by atoms with Gasteiger partial charge in [-0.2, -0.15) is 18.2 Å². The Hall–Kier alpha value is -3.86. The first-order chi connectivity index (χ1) is 16.6. The number of aromatic nitrogens is 3. The second-order valence-electron chi connectivity index (χ2n) is 7.61. The molecule has 182 valence electrons. The van der Waals surface area contributed by atoms with Crippen LogP contribution >= 0.6 is 0 Å². The third-order valence-corrected chi connectivity index (χ3v) is 6.38. The number of nitrogens with one attached hydrogen (secondary N) is 1. The van der Waals surface area contributed by atoms with Crippen molar-refractivity contribution in [2.45, 2.75) is 24.9 Å². The molecule has 0 radical (unpaired) electrons. The molecule has 0 amide bonds. The Morgan fingerprint density at radius 1 is 1.00 bits per heavy atom. The van der Waals surface area contributed by atoms with Crippen LogP contribution < -0.4 is 9.46 Å². The molecular formula is C24H21F3N4O3S. The first kappa shape index (κ1) is 24.3. The lowest BCUT2D eigenvalue weighted by molar-refractivity contribution is -0.137. The average Bonchev–Trinajstić information content (AvgIpc) is 3.23. The number of rotatable bonds is 7. The van der Waals surface area contributed by atoms with Crippen LogP contribution in [0.15, 0.2) is 77.7 Å². The molecule has 0 saturated heterocycles. The quantitative estimate of drug-likeness (QED) is 0.363.